The lowest BCUT2D eigenvalue weighted by Crippen LogP contribution is -2.29. The molecule has 3 heteroatoms. The zero-order chi connectivity index (χ0) is 13.5. The summed E-state index contributed by atoms with van der Waals surface area (Å²) >= 11 is 0. The molecule has 0 unspecified atom stereocenters. The van der Waals surface area contributed by atoms with Gasteiger partial charge in [-0.2, -0.15) is 0 Å². The largest absolute Gasteiger partial charge is 0.371 e. The highest BCUT2D eigenvalue weighted by Gasteiger charge is 2.13. The maximum atomic E-state index is 4.46. The number of aromatic nitrogens is 1. The molecule has 0 amide bonds. The van der Waals surface area contributed by atoms with Gasteiger partial charge in [0.25, 0.3) is 0 Å². The summed E-state index contributed by atoms with van der Waals surface area (Å²) in [6, 6.07) is 2.26. The van der Waals surface area contributed by atoms with Crippen LogP contribution in [0.4, 0.5) is 5.69 Å². The first-order chi connectivity index (χ1) is 9.31. The molecule has 19 heavy (non-hydrogen) atoms. The topological polar surface area (TPSA) is 28.2 Å². The van der Waals surface area contributed by atoms with Crippen LogP contribution >= 0.6 is 0 Å². The Morgan fingerprint density at radius 1 is 1.16 bits per heavy atom. The van der Waals surface area contributed by atoms with Crippen molar-refractivity contribution in [1.82, 2.24) is 10.3 Å². The summed E-state index contributed by atoms with van der Waals surface area (Å²) in [6.45, 7) is 8.57. The van der Waals surface area contributed by atoms with E-state index >= 15 is 0 Å². The van der Waals surface area contributed by atoms with Crippen LogP contribution in [-0.2, 0) is 6.54 Å². The molecule has 0 aliphatic carbocycles. The predicted molar refractivity (Wildman–Crippen MR) is 81.7 cm³/mol. The Balaban J connectivity index is 2.16. The summed E-state index contributed by atoms with van der Waals surface area (Å²) in [5.74, 6) is 0. The molecule has 1 aromatic rings. The van der Waals surface area contributed by atoms with Crippen molar-refractivity contribution in [2.24, 2.45) is 0 Å². The van der Waals surface area contributed by atoms with Gasteiger partial charge in [-0.3, -0.25) is 4.98 Å². The van der Waals surface area contributed by atoms with E-state index in [-0.39, 0.29) is 0 Å². The van der Waals surface area contributed by atoms with Crippen LogP contribution in [0.25, 0.3) is 0 Å². The Hall–Kier alpha value is -1.09. The molecule has 3 nitrogen and oxygen atoms in total. The molecule has 1 N–H and O–H groups in total. The van der Waals surface area contributed by atoms with Crippen molar-refractivity contribution in [2.75, 3.05) is 24.5 Å². The van der Waals surface area contributed by atoms with Crippen LogP contribution in [0.15, 0.2) is 12.3 Å². The maximum absolute atomic E-state index is 4.46. The van der Waals surface area contributed by atoms with Crippen molar-refractivity contribution in [3.05, 3.63) is 23.5 Å². The molecule has 1 aliphatic heterocycles. The fourth-order valence-corrected chi connectivity index (χ4v) is 2.75. The average molecular weight is 261 g/mol. The number of nitrogens with one attached hydrogen (secondary N) is 1. The molecule has 2 rings (SSSR count). The Morgan fingerprint density at radius 3 is 2.53 bits per heavy atom. The van der Waals surface area contributed by atoms with Gasteiger partial charge in [0.2, 0.25) is 0 Å². The minimum absolute atomic E-state index is 0.926. The maximum Gasteiger partial charge on any atom is 0.0445 e. The second-order valence-corrected chi connectivity index (χ2v) is 5.49. The SMILES string of the molecule is CCNCc1cnc(C)cc1N1CCCCCCC1. The van der Waals surface area contributed by atoms with Gasteiger partial charge in [-0.15, -0.1) is 0 Å². The number of anilines is 1. The molecular weight excluding hydrogens is 234 g/mol. The van der Waals surface area contributed by atoms with Crippen LogP contribution in [-0.4, -0.2) is 24.6 Å². The number of hydrogen-bond acceptors (Lipinski definition) is 3. The average Bonchev–Trinajstić information content (AvgIpc) is 2.37. The van der Waals surface area contributed by atoms with E-state index in [0.29, 0.717) is 0 Å². The van der Waals surface area contributed by atoms with Gasteiger partial charge in [0, 0.05) is 42.8 Å². The summed E-state index contributed by atoms with van der Waals surface area (Å²) < 4.78 is 0. The Labute approximate surface area is 117 Å². The first-order valence-electron chi connectivity index (χ1n) is 7.72. The molecule has 1 aliphatic rings. The van der Waals surface area contributed by atoms with Crippen molar-refractivity contribution in [1.29, 1.82) is 0 Å². The third-order valence-electron chi connectivity index (χ3n) is 3.86. The van der Waals surface area contributed by atoms with Gasteiger partial charge in [-0.25, -0.2) is 0 Å². The molecule has 2 heterocycles. The van der Waals surface area contributed by atoms with E-state index in [1.165, 1.54) is 56.4 Å². The molecule has 0 atom stereocenters. The number of nitrogens with zero attached hydrogens (tertiary/aromatic N) is 2. The normalized spacial score (nSPS) is 17.1. The molecule has 0 bridgehead atoms. The lowest BCUT2D eigenvalue weighted by Gasteiger charge is -2.29. The standard InChI is InChI=1S/C16H27N3/c1-3-17-12-15-13-18-14(2)11-16(15)19-9-7-5-4-6-8-10-19/h11,13,17H,3-10,12H2,1-2H3. The van der Waals surface area contributed by atoms with Crippen molar-refractivity contribution >= 4 is 5.69 Å². The monoisotopic (exact) mass is 261 g/mol. The number of aryl methyl sites for hydroxylation is 1. The highest BCUT2D eigenvalue weighted by Crippen LogP contribution is 2.24. The molecular formula is C16H27N3. The Bertz CT molecular complexity index is 382. The van der Waals surface area contributed by atoms with Gasteiger partial charge in [0.05, 0.1) is 0 Å². The van der Waals surface area contributed by atoms with Crippen molar-refractivity contribution in [3.8, 4) is 0 Å². The summed E-state index contributed by atoms with van der Waals surface area (Å²) in [5.41, 5.74) is 3.86. The zero-order valence-corrected chi connectivity index (χ0v) is 12.4. The number of hydrogen-bond donors (Lipinski definition) is 1. The van der Waals surface area contributed by atoms with E-state index in [2.05, 4.69) is 35.1 Å². The highest BCUT2D eigenvalue weighted by atomic mass is 15.1. The van der Waals surface area contributed by atoms with Gasteiger partial charge in [0.15, 0.2) is 0 Å². The zero-order valence-electron chi connectivity index (χ0n) is 12.4. The second-order valence-electron chi connectivity index (χ2n) is 5.49. The molecule has 1 saturated heterocycles. The Kier molecular flexibility index (Phi) is 5.64. The van der Waals surface area contributed by atoms with Gasteiger partial charge < -0.3 is 10.2 Å². The highest BCUT2D eigenvalue weighted by molar-refractivity contribution is 5.53. The molecule has 106 valence electrons. The first-order valence-corrected chi connectivity index (χ1v) is 7.72. The number of rotatable bonds is 4. The lowest BCUT2D eigenvalue weighted by molar-refractivity contribution is 0.554. The second kappa shape index (κ2) is 7.49. The van der Waals surface area contributed by atoms with Gasteiger partial charge >= 0.3 is 0 Å². The van der Waals surface area contributed by atoms with E-state index in [4.69, 9.17) is 0 Å². The molecule has 0 radical (unpaired) electrons. The van der Waals surface area contributed by atoms with Gasteiger partial charge in [-0.05, 0) is 32.4 Å². The molecule has 1 aromatic heterocycles. The predicted octanol–water partition coefficient (Wildman–Crippen LogP) is 3.27. The number of pyridine rings is 1. The van der Waals surface area contributed by atoms with E-state index in [9.17, 15) is 0 Å². The molecule has 0 spiro atoms. The van der Waals surface area contributed by atoms with Crippen LogP contribution in [0.1, 0.15) is 50.3 Å². The van der Waals surface area contributed by atoms with E-state index < -0.39 is 0 Å². The molecule has 0 saturated carbocycles. The summed E-state index contributed by atoms with van der Waals surface area (Å²) in [4.78, 5) is 7.03. The quantitative estimate of drug-likeness (QED) is 0.901. The van der Waals surface area contributed by atoms with E-state index in [1.54, 1.807) is 0 Å². The van der Waals surface area contributed by atoms with Crippen LogP contribution in [0.2, 0.25) is 0 Å². The van der Waals surface area contributed by atoms with Gasteiger partial charge in [0.1, 0.15) is 0 Å². The van der Waals surface area contributed by atoms with Crippen molar-refractivity contribution in [3.63, 3.8) is 0 Å². The van der Waals surface area contributed by atoms with Crippen molar-refractivity contribution < 1.29 is 0 Å². The van der Waals surface area contributed by atoms with Crippen LogP contribution < -0.4 is 10.2 Å². The van der Waals surface area contributed by atoms with Gasteiger partial charge in [-0.1, -0.05) is 26.2 Å². The third-order valence-corrected chi connectivity index (χ3v) is 3.86. The van der Waals surface area contributed by atoms with Crippen LogP contribution in [0.5, 0.6) is 0 Å². The first kappa shape index (κ1) is 14.3. The molecule has 0 aromatic carbocycles. The lowest BCUT2D eigenvalue weighted by atomic mass is 10.1. The van der Waals surface area contributed by atoms with E-state index in [0.717, 1.165) is 18.8 Å². The minimum atomic E-state index is 0.926. The molecule has 1 fully saturated rings. The smallest absolute Gasteiger partial charge is 0.0445 e. The van der Waals surface area contributed by atoms with E-state index in [1.807, 2.05) is 6.20 Å². The summed E-state index contributed by atoms with van der Waals surface area (Å²) in [6.07, 6.45) is 8.86. The fraction of sp³-hybridized carbons (Fsp3) is 0.688. The fourth-order valence-electron chi connectivity index (χ4n) is 2.75. The third kappa shape index (κ3) is 4.20. The minimum Gasteiger partial charge on any atom is -0.371 e. The van der Waals surface area contributed by atoms with Crippen LogP contribution in [0.3, 0.4) is 0 Å². The summed E-state index contributed by atoms with van der Waals surface area (Å²) in [7, 11) is 0. The summed E-state index contributed by atoms with van der Waals surface area (Å²) in [5, 5.41) is 3.42. The van der Waals surface area contributed by atoms with Crippen molar-refractivity contribution in [2.45, 2.75) is 52.5 Å². The van der Waals surface area contributed by atoms with Crippen LogP contribution in [0, 0.1) is 6.92 Å². The Morgan fingerprint density at radius 2 is 1.84 bits per heavy atom.